The lowest BCUT2D eigenvalue weighted by molar-refractivity contribution is -0.141. The quantitative estimate of drug-likeness (QED) is 0.674. The maximum absolute atomic E-state index is 12.7. The molecule has 4 rings (SSSR count). The Bertz CT molecular complexity index is 1180. The van der Waals surface area contributed by atoms with Gasteiger partial charge in [-0.05, 0) is 36.8 Å². The van der Waals surface area contributed by atoms with Gasteiger partial charge in [0.05, 0.1) is 29.4 Å². The van der Waals surface area contributed by atoms with Crippen molar-refractivity contribution < 1.29 is 26.4 Å². The van der Waals surface area contributed by atoms with Crippen molar-refractivity contribution in [3.05, 3.63) is 60.0 Å². The summed E-state index contributed by atoms with van der Waals surface area (Å²) in [4.78, 5) is 12.5. The molecular weight excluding hydrogens is 423 g/mol. The van der Waals surface area contributed by atoms with Crippen molar-refractivity contribution >= 4 is 21.6 Å². The largest absolute Gasteiger partial charge is 0.435 e. The van der Waals surface area contributed by atoms with Crippen molar-refractivity contribution in [1.82, 2.24) is 19.6 Å². The van der Waals surface area contributed by atoms with Crippen molar-refractivity contribution in [3.63, 3.8) is 0 Å². The number of carbonyl (C=O) groups excluding carboxylic acids is 1. The van der Waals surface area contributed by atoms with E-state index in [2.05, 4.69) is 15.5 Å². The number of hydrogen-bond donors (Lipinski definition) is 1. The Morgan fingerprint density at radius 3 is 2.47 bits per heavy atom. The fourth-order valence-electron chi connectivity index (χ4n) is 3.25. The van der Waals surface area contributed by atoms with Crippen LogP contribution in [0.3, 0.4) is 0 Å². The summed E-state index contributed by atoms with van der Waals surface area (Å²) in [7, 11) is -3.11. The number of anilines is 1. The number of benzene rings is 1. The van der Waals surface area contributed by atoms with Gasteiger partial charge in [0.25, 0.3) is 5.91 Å². The molecule has 1 amide bonds. The first-order chi connectivity index (χ1) is 14.1. The monoisotopic (exact) mass is 439 g/mol. The molecule has 1 atom stereocenters. The van der Waals surface area contributed by atoms with E-state index in [1.807, 2.05) is 0 Å². The van der Waals surface area contributed by atoms with Crippen molar-refractivity contribution in [2.24, 2.45) is 0 Å². The zero-order chi connectivity index (χ0) is 21.5. The van der Waals surface area contributed by atoms with E-state index in [1.165, 1.54) is 41.3 Å². The number of nitrogens with zero attached hydrogens (tertiary/aromatic N) is 4. The third-order valence-corrected chi connectivity index (χ3v) is 6.49. The summed E-state index contributed by atoms with van der Waals surface area (Å²) in [6.45, 7) is 0. The highest BCUT2D eigenvalue weighted by Crippen LogP contribution is 2.28. The standard InChI is InChI=1S/C18H16F3N5O3S/c19-18(20,21)15-6-9-25(24-15)13-3-1-12(2-4-13)17(27)23-16-5-8-22-26(16)14-7-10-30(28,29)11-14/h1-6,8-9,14H,7,10-11H2,(H,23,27)/t14-/m0/s1. The first-order valence-corrected chi connectivity index (χ1v) is 10.7. The summed E-state index contributed by atoms with van der Waals surface area (Å²) >= 11 is 0. The molecule has 0 radical (unpaired) electrons. The molecule has 1 N–H and O–H groups in total. The Hall–Kier alpha value is -3.15. The molecule has 3 aromatic rings. The number of hydrogen-bond acceptors (Lipinski definition) is 5. The van der Waals surface area contributed by atoms with Gasteiger partial charge < -0.3 is 5.32 Å². The zero-order valence-electron chi connectivity index (χ0n) is 15.4. The van der Waals surface area contributed by atoms with Gasteiger partial charge in [0.2, 0.25) is 0 Å². The smallest absolute Gasteiger partial charge is 0.307 e. The predicted molar refractivity (Wildman–Crippen MR) is 101 cm³/mol. The summed E-state index contributed by atoms with van der Waals surface area (Å²) in [5.41, 5.74) is -0.372. The highest BCUT2D eigenvalue weighted by atomic mass is 32.2. The SMILES string of the molecule is O=C(Nc1ccnn1[C@H]1CCS(=O)(=O)C1)c1ccc(-n2ccc(C(F)(F)F)n2)cc1. The molecule has 0 bridgehead atoms. The number of carbonyl (C=O) groups is 1. The van der Waals surface area contributed by atoms with Gasteiger partial charge in [-0.15, -0.1) is 0 Å². The zero-order valence-corrected chi connectivity index (χ0v) is 16.2. The van der Waals surface area contributed by atoms with Crippen LogP contribution in [0.4, 0.5) is 19.0 Å². The summed E-state index contributed by atoms with van der Waals surface area (Å²) in [6, 6.07) is 7.96. The average Bonchev–Trinajstić information content (AvgIpc) is 3.40. The van der Waals surface area contributed by atoms with E-state index >= 15 is 0 Å². The molecule has 2 aromatic heterocycles. The lowest BCUT2D eigenvalue weighted by Gasteiger charge is -2.14. The number of sulfone groups is 1. The number of alkyl halides is 3. The lowest BCUT2D eigenvalue weighted by atomic mass is 10.2. The lowest BCUT2D eigenvalue weighted by Crippen LogP contribution is -2.19. The maximum Gasteiger partial charge on any atom is 0.435 e. The number of halogens is 3. The van der Waals surface area contributed by atoms with Crippen LogP contribution >= 0.6 is 0 Å². The summed E-state index contributed by atoms with van der Waals surface area (Å²) in [5.74, 6) is -0.0417. The van der Waals surface area contributed by atoms with E-state index in [0.717, 1.165) is 10.7 Å². The van der Waals surface area contributed by atoms with Crippen LogP contribution in [-0.2, 0) is 16.0 Å². The first-order valence-electron chi connectivity index (χ1n) is 8.91. The van der Waals surface area contributed by atoms with E-state index in [4.69, 9.17) is 0 Å². The Morgan fingerprint density at radius 2 is 1.87 bits per heavy atom. The maximum atomic E-state index is 12.7. The van der Waals surface area contributed by atoms with Crippen molar-refractivity contribution in [1.29, 1.82) is 0 Å². The Labute approximate surface area is 169 Å². The van der Waals surface area contributed by atoms with Crippen LogP contribution in [0.15, 0.2) is 48.8 Å². The molecule has 3 heterocycles. The van der Waals surface area contributed by atoms with Crippen LogP contribution in [-0.4, -0.2) is 45.4 Å². The second kappa shape index (κ2) is 7.27. The van der Waals surface area contributed by atoms with Crippen molar-refractivity contribution in [2.75, 3.05) is 16.8 Å². The number of rotatable bonds is 4. The molecule has 0 spiro atoms. The Kier molecular flexibility index (Phi) is 4.88. The summed E-state index contributed by atoms with van der Waals surface area (Å²) < 4.78 is 64.0. The van der Waals surface area contributed by atoms with Crippen LogP contribution in [0.25, 0.3) is 5.69 Å². The molecule has 1 fully saturated rings. The molecule has 0 saturated carbocycles. The molecule has 1 aliphatic heterocycles. The van der Waals surface area contributed by atoms with Crippen LogP contribution < -0.4 is 5.32 Å². The number of amides is 1. The predicted octanol–water partition coefficient (Wildman–Crippen LogP) is 2.70. The molecule has 8 nitrogen and oxygen atoms in total. The Balaban J connectivity index is 1.48. The second-order valence-electron chi connectivity index (χ2n) is 6.86. The Morgan fingerprint density at radius 1 is 1.13 bits per heavy atom. The average molecular weight is 439 g/mol. The normalized spacial score (nSPS) is 18.4. The first kappa shape index (κ1) is 20.1. The van der Waals surface area contributed by atoms with E-state index in [1.54, 1.807) is 6.07 Å². The number of nitrogens with one attached hydrogen (secondary N) is 1. The molecule has 12 heteroatoms. The van der Waals surface area contributed by atoms with Gasteiger partial charge in [-0.25, -0.2) is 17.8 Å². The van der Waals surface area contributed by atoms with Gasteiger partial charge in [0.15, 0.2) is 15.5 Å². The molecule has 1 saturated heterocycles. The number of aromatic nitrogens is 4. The van der Waals surface area contributed by atoms with E-state index in [0.29, 0.717) is 17.9 Å². The second-order valence-corrected chi connectivity index (χ2v) is 9.09. The highest BCUT2D eigenvalue weighted by molar-refractivity contribution is 7.91. The van der Waals surface area contributed by atoms with Gasteiger partial charge in [0.1, 0.15) is 5.82 Å². The molecule has 0 unspecified atom stereocenters. The molecule has 1 aliphatic rings. The highest BCUT2D eigenvalue weighted by Gasteiger charge is 2.33. The third-order valence-electron chi connectivity index (χ3n) is 4.74. The molecule has 0 aliphatic carbocycles. The third kappa shape index (κ3) is 4.08. The molecule has 30 heavy (non-hydrogen) atoms. The van der Waals surface area contributed by atoms with Gasteiger partial charge in [-0.3, -0.25) is 4.79 Å². The van der Waals surface area contributed by atoms with Gasteiger partial charge >= 0.3 is 6.18 Å². The van der Waals surface area contributed by atoms with Gasteiger partial charge in [0, 0.05) is 17.8 Å². The minimum absolute atomic E-state index is 0.0317. The van der Waals surface area contributed by atoms with E-state index < -0.39 is 27.6 Å². The van der Waals surface area contributed by atoms with Crippen LogP contribution in [0.5, 0.6) is 0 Å². The topological polar surface area (TPSA) is 98.9 Å². The summed E-state index contributed by atoms with van der Waals surface area (Å²) in [6.07, 6.45) is -1.45. The van der Waals surface area contributed by atoms with E-state index in [9.17, 15) is 26.4 Å². The van der Waals surface area contributed by atoms with E-state index in [-0.39, 0.29) is 23.1 Å². The minimum atomic E-state index is -4.54. The molecule has 1 aromatic carbocycles. The fourth-order valence-corrected chi connectivity index (χ4v) is 4.94. The van der Waals surface area contributed by atoms with Crippen LogP contribution in [0.2, 0.25) is 0 Å². The van der Waals surface area contributed by atoms with Crippen LogP contribution in [0, 0.1) is 0 Å². The molecule has 158 valence electrons. The van der Waals surface area contributed by atoms with Crippen molar-refractivity contribution in [2.45, 2.75) is 18.6 Å². The fraction of sp³-hybridized carbons (Fsp3) is 0.278. The summed E-state index contributed by atoms with van der Waals surface area (Å²) in [5, 5.41) is 10.3. The minimum Gasteiger partial charge on any atom is -0.307 e. The van der Waals surface area contributed by atoms with Gasteiger partial charge in [-0.2, -0.15) is 23.4 Å². The van der Waals surface area contributed by atoms with Crippen molar-refractivity contribution in [3.8, 4) is 5.69 Å². The van der Waals surface area contributed by atoms with Crippen LogP contribution in [0.1, 0.15) is 28.5 Å². The molecular formula is C18H16F3N5O3S. The van der Waals surface area contributed by atoms with Gasteiger partial charge in [-0.1, -0.05) is 0 Å².